The van der Waals surface area contributed by atoms with Crippen LogP contribution in [-0.2, 0) is 32.0 Å². The van der Waals surface area contributed by atoms with Gasteiger partial charge in [0.1, 0.15) is 23.8 Å². The molecule has 4 heterocycles. The number of aliphatic hydroxyl groups excluding tert-OH is 1. The molecule has 12 heteroatoms. The molecule has 0 aliphatic carbocycles. The number of hydrogen-bond acceptors (Lipinski definition) is 7. The molecular weight excluding hydrogens is 395 g/mol. The van der Waals surface area contributed by atoms with Crippen LogP contribution in [0.2, 0.25) is 0 Å². The van der Waals surface area contributed by atoms with E-state index in [2.05, 4.69) is 15.4 Å². The molecule has 1 aromatic carbocycles. The number of nitrogens with zero attached hydrogens (tertiary/aromatic N) is 8. The van der Waals surface area contributed by atoms with Crippen molar-refractivity contribution in [2.24, 2.45) is 14.1 Å². The molecule has 1 fully saturated rings. The molecule has 1 amide bonds. The van der Waals surface area contributed by atoms with E-state index in [1.165, 1.54) is 11.0 Å². The van der Waals surface area contributed by atoms with Gasteiger partial charge in [-0.1, -0.05) is 4.80 Å². The van der Waals surface area contributed by atoms with Crippen molar-refractivity contribution in [1.29, 1.82) is 0 Å². The Bertz CT molecular complexity index is 1120. The molecule has 0 unspecified atom stereocenters. The first-order chi connectivity index (χ1) is 14.4. The number of aromatic nitrogens is 6. The summed E-state index contributed by atoms with van der Waals surface area (Å²) in [6.45, 7) is 0.986. The third-order valence-electron chi connectivity index (χ3n) is 5.41. The van der Waals surface area contributed by atoms with Crippen molar-refractivity contribution in [3.05, 3.63) is 35.8 Å². The molecule has 0 radical (unpaired) electrons. The molecular formula is C18H20FN8O3+. The Labute approximate surface area is 170 Å². The van der Waals surface area contributed by atoms with Gasteiger partial charge in [-0.2, -0.15) is 9.78 Å². The fraction of sp³-hybridized carbons (Fsp3) is 0.389. The maximum atomic E-state index is 14.8. The zero-order valence-electron chi connectivity index (χ0n) is 16.4. The van der Waals surface area contributed by atoms with Gasteiger partial charge in [0.2, 0.25) is 0 Å². The number of aryl methyl sites for hydroxylation is 1. The van der Waals surface area contributed by atoms with Crippen molar-refractivity contribution in [2.45, 2.75) is 19.3 Å². The average Bonchev–Trinajstić information content (AvgIpc) is 3.46. The largest absolute Gasteiger partial charge is 0.441 e. The lowest BCUT2D eigenvalue weighted by Gasteiger charge is -2.14. The third kappa shape index (κ3) is 2.87. The van der Waals surface area contributed by atoms with Gasteiger partial charge >= 0.3 is 12.0 Å². The lowest BCUT2D eigenvalue weighted by Crippen LogP contribution is -2.43. The van der Waals surface area contributed by atoms with Crippen LogP contribution >= 0.6 is 0 Å². The number of carbonyl (C=O) groups excluding carboxylic acids is 1. The number of anilines is 2. The van der Waals surface area contributed by atoms with E-state index in [0.29, 0.717) is 30.2 Å². The molecule has 1 N–H and O–H groups in total. The maximum absolute atomic E-state index is 14.8. The minimum Gasteiger partial charge on any atom is -0.441 e. The van der Waals surface area contributed by atoms with Crippen LogP contribution in [0.25, 0.3) is 11.3 Å². The summed E-state index contributed by atoms with van der Waals surface area (Å²) in [5, 5.41) is 21.9. The van der Waals surface area contributed by atoms with Gasteiger partial charge in [-0.25, -0.2) is 13.9 Å². The second-order valence-electron chi connectivity index (χ2n) is 7.33. The molecule has 156 valence electrons. The predicted molar refractivity (Wildman–Crippen MR) is 101 cm³/mol. The Morgan fingerprint density at radius 1 is 1.37 bits per heavy atom. The normalized spacial score (nSPS) is 18.3. The lowest BCUT2D eigenvalue weighted by atomic mass is 10.1. The van der Waals surface area contributed by atoms with Gasteiger partial charge in [0.25, 0.3) is 0 Å². The highest BCUT2D eigenvalue weighted by Gasteiger charge is 2.33. The second-order valence-corrected chi connectivity index (χ2v) is 7.33. The Hall–Kier alpha value is -3.54. The van der Waals surface area contributed by atoms with E-state index in [1.54, 1.807) is 28.7 Å². The number of carbonyl (C=O) groups is 1. The predicted octanol–water partition coefficient (Wildman–Crippen LogP) is -0.0626. The smallest absolute Gasteiger partial charge is 0.414 e. The van der Waals surface area contributed by atoms with Crippen LogP contribution < -0.4 is 14.5 Å². The number of benzene rings is 1. The van der Waals surface area contributed by atoms with Crippen molar-refractivity contribution in [2.75, 3.05) is 23.0 Å². The highest BCUT2D eigenvalue weighted by atomic mass is 19.1. The molecule has 0 saturated carbocycles. The van der Waals surface area contributed by atoms with Gasteiger partial charge in [-0.05, 0) is 24.3 Å². The van der Waals surface area contributed by atoms with E-state index in [-0.39, 0.29) is 13.2 Å². The molecule has 1 atom stereocenters. The van der Waals surface area contributed by atoms with Crippen LogP contribution in [0.5, 0.6) is 0 Å². The summed E-state index contributed by atoms with van der Waals surface area (Å²) in [5.74, 6) is 0.237. The number of halogens is 1. The Balaban J connectivity index is 1.36. The van der Waals surface area contributed by atoms with Gasteiger partial charge in [-0.15, -0.1) is 0 Å². The Morgan fingerprint density at radius 2 is 2.20 bits per heavy atom. The van der Waals surface area contributed by atoms with Gasteiger partial charge in [0.15, 0.2) is 0 Å². The van der Waals surface area contributed by atoms with Crippen molar-refractivity contribution in [3.8, 4) is 11.3 Å². The molecule has 30 heavy (non-hydrogen) atoms. The van der Waals surface area contributed by atoms with E-state index >= 15 is 0 Å². The van der Waals surface area contributed by atoms with Crippen LogP contribution in [0.4, 0.5) is 20.8 Å². The van der Waals surface area contributed by atoms with Crippen LogP contribution in [0.15, 0.2) is 24.3 Å². The monoisotopic (exact) mass is 415 g/mol. The SMILES string of the molecule is Cn1nnc(N2Cc3cc(-c4ccc(N5C[C@H](CO)OC5=O)cc4F)nn3C2)[n+]1C. The van der Waals surface area contributed by atoms with Gasteiger partial charge in [0, 0.05) is 5.56 Å². The number of amides is 1. The van der Waals surface area contributed by atoms with E-state index < -0.39 is 18.0 Å². The number of hydrogen-bond donors (Lipinski definition) is 1. The number of tetrazole rings is 1. The fourth-order valence-electron chi connectivity index (χ4n) is 3.71. The summed E-state index contributed by atoms with van der Waals surface area (Å²) < 4.78 is 23.5. The fourth-order valence-corrected chi connectivity index (χ4v) is 3.71. The summed E-state index contributed by atoms with van der Waals surface area (Å²) in [6, 6.07) is 6.38. The number of fused-ring (bicyclic) bond motifs is 1. The summed E-state index contributed by atoms with van der Waals surface area (Å²) in [6.07, 6.45) is -1.20. The molecule has 5 rings (SSSR count). The Morgan fingerprint density at radius 3 is 2.83 bits per heavy atom. The summed E-state index contributed by atoms with van der Waals surface area (Å²) >= 11 is 0. The van der Waals surface area contributed by atoms with E-state index in [1.807, 2.05) is 22.7 Å². The highest BCUT2D eigenvalue weighted by Crippen LogP contribution is 2.30. The van der Waals surface area contributed by atoms with E-state index in [4.69, 9.17) is 9.84 Å². The maximum Gasteiger partial charge on any atom is 0.414 e. The zero-order chi connectivity index (χ0) is 21.0. The van der Waals surface area contributed by atoms with Gasteiger partial charge in [-0.3, -0.25) is 9.80 Å². The van der Waals surface area contributed by atoms with Crippen molar-refractivity contribution in [1.82, 2.24) is 24.9 Å². The summed E-state index contributed by atoms with van der Waals surface area (Å²) in [5.41, 5.74) is 2.19. The molecule has 1 saturated heterocycles. The average molecular weight is 415 g/mol. The van der Waals surface area contributed by atoms with Crippen molar-refractivity contribution >= 4 is 17.7 Å². The molecule has 2 aromatic heterocycles. The molecule has 2 aliphatic heterocycles. The van der Waals surface area contributed by atoms with Crippen LogP contribution in [-0.4, -0.2) is 55.3 Å². The van der Waals surface area contributed by atoms with Crippen molar-refractivity contribution in [3.63, 3.8) is 0 Å². The lowest BCUT2D eigenvalue weighted by molar-refractivity contribution is -0.745. The second kappa shape index (κ2) is 6.76. The number of ether oxygens (including phenoxy) is 1. The highest BCUT2D eigenvalue weighted by molar-refractivity contribution is 5.90. The molecule has 0 spiro atoms. The van der Waals surface area contributed by atoms with Crippen LogP contribution in [0.3, 0.4) is 0 Å². The summed E-state index contributed by atoms with van der Waals surface area (Å²) in [7, 11) is 3.68. The third-order valence-corrected chi connectivity index (χ3v) is 5.41. The van der Waals surface area contributed by atoms with Crippen molar-refractivity contribution < 1.29 is 23.7 Å². The minimum absolute atomic E-state index is 0.183. The number of cyclic esters (lactones) is 1. The first kappa shape index (κ1) is 18.5. The minimum atomic E-state index is -0.601. The molecule has 2 aliphatic rings. The first-order valence-electron chi connectivity index (χ1n) is 9.41. The van der Waals surface area contributed by atoms with Crippen LogP contribution in [0.1, 0.15) is 5.69 Å². The standard InChI is InChI=1S/C18H20FN8O3/c1-23-17(20-22-24(23)2)25-7-12-6-16(21-27(12)10-25)14-4-3-11(5-15(14)19)26-8-13(9-28)30-18(26)29/h3-6,13,28H,7-10H2,1-2H3/q+1/t13-/m1/s1. The first-order valence-corrected chi connectivity index (χ1v) is 9.41. The molecule has 11 nitrogen and oxygen atoms in total. The topological polar surface area (TPSA) is 105 Å². The molecule has 3 aromatic rings. The zero-order valence-corrected chi connectivity index (χ0v) is 16.4. The Kier molecular flexibility index (Phi) is 4.17. The quantitative estimate of drug-likeness (QED) is 0.595. The van der Waals surface area contributed by atoms with E-state index in [0.717, 1.165) is 11.6 Å². The van der Waals surface area contributed by atoms with Gasteiger partial charge in [0.05, 0.1) is 56.0 Å². The molecule has 0 bridgehead atoms. The van der Waals surface area contributed by atoms with E-state index in [9.17, 15) is 9.18 Å². The number of rotatable bonds is 4. The number of aliphatic hydroxyl groups is 1. The summed E-state index contributed by atoms with van der Waals surface area (Å²) in [4.78, 5) is 16.9. The van der Waals surface area contributed by atoms with Gasteiger partial charge < -0.3 is 9.84 Å². The van der Waals surface area contributed by atoms with Crippen LogP contribution in [0, 0.1) is 5.82 Å².